The van der Waals surface area contributed by atoms with E-state index in [1.54, 1.807) is 23.9 Å². The fraction of sp³-hybridized carbons (Fsp3) is 0.600. The molecule has 4 nitrogen and oxygen atoms in total. The topological polar surface area (TPSA) is 72.2 Å². The van der Waals surface area contributed by atoms with Crippen molar-refractivity contribution in [2.45, 2.75) is 55.7 Å². The Bertz CT molecular complexity index is 614. The van der Waals surface area contributed by atoms with Crippen molar-refractivity contribution in [1.29, 1.82) is 0 Å². The van der Waals surface area contributed by atoms with E-state index in [1.807, 2.05) is 20.1 Å². The molecule has 1 fully saturated rings. The number of sulfonamides is 1. The van der Waals surface area contributed by atoms with E-state index in [2.05, 4.69) is 4.72 Å². The number of nitrogen functional groups attached to an aromatic ring is 1. The maximum absolute atomic E-state index is 12.7. The van der Waals surface area contributed by atoms with Gasteiger partial charge in [-0.15, -0.1) is 0 Å². The highest BCUT2D eigenvalue weighted by molar-refractivity contribution is 7.99. The van der Waals surface area contributed by atoms with E-state index in [4.69, 9.17) is 5.73 Å². The molecule has 0 bridgehead atoms. The predicted octanol–water partition coefficient (Wildman–Crippen LogP) is 2.84. The number of nitrogens with two attached hydrogens (primary N) is 1. The number of anilines is 1. The van der Waals surface area contributed by atoms with Crippen molar-refractivity contribution in [3.05, 3.63) is 23.3 Å². The lowest BCUT2D eigenvalue weighted by molar-refractivity contribution is 0.423. The largest absolute Gasteiger partial charge is 0.399 e. The van der Waals surface area contributed by atoms with Crippen molar-refractivity contribution in [3.8, 4) is 0 Å². The van der Waals surface area contributed by atoms with Gasteiger partial charge < -0.3 is 5.73 Å². The van der Waals surface area contributed by atoms with Crippen molar-refractivity contribution in [2.24, 2.45) is 0 Å². The van der Waals surface area contributed by atoms with E-state index in [1.165, 1.54) is 6.42 Å². The molecule has 1 aromatic rings. The average molecular weight is 329 g/mol. The first-order valence-corrected chi connectivity index (χ1v) is 10.0. The predicted molar refractivity (Wildman–Crippen MR) is 90.2 cm³/mol. The molecule has 0 spiro atoms. The van der Waals surface area contributed by atoms with Gasteiger partial charge in [-0.25, -0.2) is 13.1 Å². The summed E-state index contributed by atoms with van der Waals surface area (Å²) in [6.45, 7) is 3.71. The quantitative estimate of drug-likeness (QED) is 0.834. The van der Waals surface area contributed by atoms with Gasteiger partial charge in [-0.05, 0) is 56.2 Å². The monoisotopic (exact) mass is 328 g/mol. The second kappa shape index (κ2) is 6.58. The van der Waals surface area contributed by atoms with Gasteiger partial charge in [0.25, 0.3) is 0 Å². The van der Waals surface area contributed by atoms with Crippen LogP contribution in [0.25, 0.3) is 0 Å². The second-order valence-corrected chi connectivity index (χ2v) is 8.51. The lowest BCUT2D eigenvalue weighted by Gasteiger charge is -2.31. The molecule has 0 heterocycles. The summed E-state index contributed by atoms with van der Waals surface area (Å²) in [5.41, 5.74) is 7.98. The molecule has 0 aromatic heterocycles. The van der Waals surface area contributed by atoms with Gasteiger partial charge in [-0.2, -0.15) is 11.8 Å². The minimum Gasteiger partial charge on any atom is -0.399 e. The van der Waals surface area contributed by atoms with Crippen molar-refractivity contribution >= 4 is 27.5 Å². The number of hydrogen-bond donors (Lipinski definition) is 2. The van der Waals surface area contributed by atoms with Crippen LogP contribution in [0.4, 0.5) is 5.69 Å². The van der Waals surface area contributed by atoms with Crippen LogP contribution < -0.4 is 10.5 Å². The molecule has 0 amide bonds. The van der Waals surface area contributed by atoms with E-state index in [0.717, 1.165) is 30.4 Å². The molecule has 1 aromatic carbocycles. The third kappa shape index (κ3) is 3.73. The van der Waals surface area contributed by atoms with Crippen molar-refractivity contribution in [1.82, 2.24) is 4.72 Å². The molecule has 3 N–H and O–H groups in total. The van der Waals surface area contributed by atoms with E-state index in [9.17, 15) is 8.42 Å². The SMILES string of the molecule is CSC1CCCCC1NS(=O)(=O)c1cc(N)cc(C)c1C. The van der Waals surface area contributed by atoms with E-state index in [-0.39, 0.29) is 6.04 Å². The summed E-state index contributed by atoms with van der Waals surface area (Å²) in [6, 6.07) is 3.38. The molecule has 2 unspecified atom stereocenters. The number of hydrogen-bond acceptors (Lipinski definition) is 4. The molecule has 0 aliphatic heterocycles. The summed E-state index contributed by atoms with van der Waals surface area (Å²) in [7, 11) is -3.52. The van der Waals surface area contributed by atoms with Gasteiger partial charge in [0, 0.05) is 17.0 Å². The highest BCUT2D eigenvalue weighted by Crippen LogP contribution is 2.29. The first kappa shape index (κ1) is 16.6. The van der Waals surface area contributed by atoms with Gasteiger partial charge in [0.05, 0.1) is 4.90 Å². The zero-order valence-electron chi connectivity index (χ0n) is 12.8. The van der Waals surface area contributed by atoms with Gasteiger partial charge in [-0.3, -0.25) is 0 Å². The van der Waals surface area contributed by atoms with Crippen LogP contribution in [0.2, 0.25) is 0 Å². The standard InChI is InChI=1S/C15H24N2O2S2/c1-10-8-12(16)9-15(11(10)2)21(18,19)17-13-6-4-5-7-14(13)20-3/h8-9,13-14,17H,4-7,16H2,1-3H3. The molecule has 1 aliphatic rings. The van der Waals surface area contributed by atoms with E-state index >= 15 is 0 Å². The molecule has 118 valence electrons. The van der Waals surface area contributed by atoms with Crippen molar-refractivity contribution in [3.63, 3.8) is 0 Å². The number of thioether (sulfide) groups is 1. The Balaban J connectivity index is 2.30. The summed E-state index contributed by atoms with van der Waals surface area (Å²) in [5.74, 6) is 0. The Morgan fingerprint density at radius 1 is 1.24 bits per heavy atom. The molecule has 0 saturated heterocycles. The van der Waals surface area contributed by atoms with Crippen molar-refractivity contribution in [2.75, 3.05) is 12.0 Å². The average Bonchev–Trinajstić information content (AvgIpc) is 2.43. The smallest absolute Gasteiger partial charge is 0.241 e. The van der Waals surface area contributed by atoms with Gasteiger partial charge >= 0.3 is 0 Å². The lowest BCUT2D eigenvalue weighted by atomic mass is 9.96. The first-order valence-electron chi connectivity index (χ1n) is 7.27. The van der Waals surface area contributed by atoms with Crippen molar-refractivity contribution < 1.29 is 8.42 Å². The summed E-state index contributed by atoms with van der Waals surface area (Å²) >= 11 is 1.75. The number of aryl methyl sites for hydroxylation is 1. The van der Waals surface area contributed by atoms with Crippen LogP contribution in [0.1, 0.15) is 36.8 Å². The lowest BCUT2D eigenvalue weighted by Crippen LogP contribution is -2.43. The summed E-state index contributed by atoms with van der Waals surface area (Å²) in [6.07, 6.45) is 6.29. The van der Waals surface area contributed by atoms with Crippen LogP contribution in [0.5, 0.6) is 0 Å². The van der Waals surface area contributed by atoms with Gasteiger partial charge in [0.1, 0.15) is 0 Å². The van der Waals surface area contributed by atoms with Crippen LogP contribution in [0.3, 0.4) is 0 Å². The molecular formula is C15H24N2O2S2. The Kier molecular flexibility index (Phi) is 5.22. The second-order valence-electron chi connectivity index (χ2n) is 5.75. The van der Waals surface area contributed by atoms with Crippen LogP contribution in [-0.2, 0) is 10.0 Å². The summed E-state index contributed by atoms with van der Waals surface area (Å²) < 4.78 is 28.3. The first-order chi connectivity index (χ1) is 9.85. The zero-order valence-corrected chi connectivity index (χ0v) is 14.5. The molecule has 21 heavy (non-hydrogen) atoms. The van der Waals surface area contributed by atoms with Gasteiger partial charge in [0.2, 0.25) is 10.0 Å². The molecular weight excluding hydrogens is 304 g/mol. The Hall–Kier alpha value is -0.720. The molecule has 0 radical (unpaired) electrons. The Morgan fingerprint density at radius 3 is 2.57 bits per heavy atom. The Labute approximate surface area is 131 Å². The fourth-order valence-electron chi connectivity index (χ4n) is 2.91. The Morgan fingerprint density at radius 2 is 1.90 bits per heavy atom. The highest BCUT2D eigenvalue weighted by Gasteiger charge is 2.29. The number of benzene rings is 1. The molecule has 2 rings (SSSR count). The minimum atomic E-state index is -3.52. The maximum Gasteiger partial charge on any atom is 0.241 e. The van der Waals surface area contributed by atoms with Crippen LogP contribution >= 0.6 is 11.8 Å². The summed E-state index contributed by atoms with van der Waals surface area (Å²) in [4.78, 5) is 0.311. The van der Waals surface area contributed by atoms with Crippen LogP contribution in [0.15, 0.2) is 17.0 Å². The number of rotatable bonds is 4. The van der Waals surface area contributed by atoms with Gasteiger partial charge in [0.15, 0.2) is 0 Å². The van der Waals surface area contributed by atoms with Crippen LogP contribution in [0, 0.1) is 13.8 Å². The molecule has 6 heteroatoms. The van der Waals surface area contributed by atoms with Gasteiger partial charge in [-0.1, -0.05) is 12.8 Å². The molecule has 1 saturated carbocycles. The highest BCUT2D eigenvalue weighted by atomic mass is 32.2. The minimum absolute atomic E-state index is 0.0138. The summed E-state index contributed by atoms with van der Waals surface area (Å²) in [5, 5.41) is 0.357. The number of nitrogens with one attached hydrogen (secondary N) is 1. The van der Waals surface area contributed by atoms with Crippen LogP contribution in [-0.4, -0.2) is 26.0 Å². The third-order valence-corrected chi connectivity index (χ3v) is 7.03. The third-order valence-electron chi connectivity index (χ3n) is 4.24. The molecule has 2 atom stereocenters. The zero-order chi connectivity index (χ0) is 15.6. The fourth-order valence-corrected chi connectivity index (χ4v) is 5.59. The normalized spacial score (nSPS) is 23.2. The van der Waals surface area contributed by atoms with E-state index in [0.29, 0.717) is 15.8 Å². The maximum atomic E-state index is 12.7. The van der Waals surface area contributed by atoms with E-state index < -0.39 is 10.0 Å². The molecule has 1 aliphatic carbocycles.